The lowest BCUT2D eigenvalue weighted by atomic mass is 9.66. The van der Waals surface area contributed by atoms with E-state index in [9.17, 15) is 24.9 Å². The van der Waals surface area contributed by atoms with Crippen LogP contribution in [0.5, 0.6) is 11.5 Å². The van der Waals surface area contributed by atoms with Gasteiger partial charge < -0.3 is 20.6 Å². The van der Waals surface area contributed by atoms with E-state index >= 15 is 0 Å². The number of carbonyl (C=O) groups is 2. The van der Waals surface area contributed by atoms with Crippen LogP contribution < -0.4 is 5.32 Å². The van der Waals surface area contributed by atoms with Crippen LogP contribution in [-0.4, -0.2) is 39.2 Å². The quantitative estimate of drug-likeness (QED) is 0.482. The maximum atomic E-state index is 12.6. The minimum Gasteiger partial charge on any atom is -0.504 e. The molecule has 1 aliphatic rings. The van der Waals surface area contributed by atoms with Gasteiger partial charge in [0.15, 0.2) is 17.3 Å². The summed E-state index contributed by atoms with van der Waals surface area (Å²) >= 11 is 0. The maximum Gasteiger partial charge on any atom is 0.252 e. The third-order valence-corrected chi connectivity index (χ3v) is 5.17. The molecule has 3 atom stereocenters. The zero-order chi connectivity index (χ0) is 18.8. The summed E-state index contributed by atoms with van der Waals surface area (Å²) < 4.78 is 0. The maximum absolute atomic E-state index is 12.6. The zero-order valence-corrected chi connectivity index (χ0v) is 15.0. The molecule has 1 saturated carbocycles. The molecule has 0 bridgehead atoms. The van der Waals surface area contributed by atoms with Crippen LogP contribution in [0.15, 0.2) is 18.2 Å². The Hall–Kier alpha value is -2.08. The number of carbonyl (C=O) groups excluding carboxylic acids is 2. The van der Waals surface area contributed by atoms with Gasteiger partial charge in [0, 0.05) is 0 Å². The standard InChI is InChI=1S/C19H27NO5/c1-11(2)14-8-7-12(3)9-19(14,25)18(24)20-10-16(22)13-5-4-6-15(21)17(13)23/h4-6,11-12,14,21,23,25H,7-10H2,1-3H3,(H,20,24). The highest BCUT2D eigenvalue weighted by Gasteiger charge is 2.48. The average Bonchev–Trinajstić information content (AvgIpc) is 2.54. The van der Waals surface area contributed by atoms with E-state index in [2.05, 4.69) is 5.32 Å². The Morgan fingerprint density at radius 1 is 1.28 bits per heavy atom. The molecular weight excluding hydrogens is 322 g/mol. The molecule has 0 radical (unpaired) electrons. The second kappa shape index (κ2) is 7.44. The number of phenols is 2. The first-order valence-corrected chi connectivity index (χ1v) is 8.71. The number of phenolic OH excluding ortho intramolecular Hbond substituents is 2. The fraction of sp³-hybridized carbons (Fsp3) is 0.579. The fourth-order valence-electron chi connectivity index (χ4n) is 3.80. The first kappa shape index (κ1) is 19.2. The van der Waals surface area contributed by atoms with E-state index in [4.69, 9.17) is 0 Å². The van der Waals surface area contributed by atoms with E-state index in [-0.39, 0.29) is 29.9 Å². The lowest BCUT2D eigenvalue weighted by Crippen LogP contribution is -2.56. The lowest BCUT2D eigenvalue weighted by molar-refractivity contribution is -0.155. The van der Waals surface area contributed by atoms with Crippen LogP contribution in [-0.2, 0) is 4.79 Å². The number of nitrogens with one attached hydrogen (secondary N) is 1. The second-order valence-corrected chi connectivity index (χ2v) is 7.44. The Bertz CT molecular complexity index is 657. The zero-order valence-electron chi connectivity index (χ0n) is 15.0. The van der Waals surface area contributed by atoms with Crippen LogP contribution >= 0.6 is 0 Å². The number of hydrogen-bond donors (Lipinski definition) is 4. The van der Waals surface area contributed by atoms with Crippen LogP contribution in [0.3, 0.4) is 0 Å². The van der Waals surface area contributed by atoms with Crippen LogP contribution in [0.1, 0.15) is 50.4 Å². The molecule has 1 aromatic carbocycles. The van der Waals surface area contributed by atoms with Crippen LogP contribution in [0.2, 0.25) is 0 Å². The topological polar surface area (TPSA) is 107 Å². The molecule has 1 aromatic rings. The predicted octanol–water partition coefficient (Wildman–Crippen LogP) is 2.22. The number of amides is 1. The molecule has 0 aromatic heterocycles. The van der Waals surface area contributed by atoms with Gasteiger partial charge in [-0.3, -0.25) is 9.59 Å². The van der Waals surface area contributed by atoms with Gasteiger partial charge in [0.25, 0.3) is 5.91 Å². The lowest BCUT2D eigenvalue weighted by Gasteiger charge is -2.43. The largest absolute Gasteiger partial charge is 0.504 e. The summed E-state index contributed by atoms with van der Waals surface area (Å²) in [6, 6.07) is 4.08. The molecule has 0 spiro atoms. The summed E-state index contributed by atoms with van der Waals surface area (Å²) in [7, 11) is 0. The number of Topliss-reactive ketones (excluding diaryl/α,β-unsaturated/α-hetero) is 1. The number of hydrogen-bond acceptors (Lipinski definition) is 5. The Kier molecular flexibility index (Phi) is 5.72. The molecule has 6 heteroatoms. The third-order valence-electron chi connectivity index (χ3n) is 5.17. The summed E-state index contributed by atoms with van der Waals surface area (Å²) in [5.74, 6) is -1.76. The highest BCUT2D eigenvalue weighted by Crippen LogP contribution is 2.41. The van der Waals surface area contributed by atoms with Gasteiger partial charge in [0.1, 0.15) is 5.60 Å². The predicted molar refractivity (Wildman–Crippen MR) is 93.4 cm³/mol. The van der Waals surface area contributed by atoms with E-state index in [1.807, 2.05) is 20.8 Å². The Morgan fingerprint density at radius 3 is 2.60 bits per heavy atom. The Balaban J connectivity index is 2.09. The summed E-state index contributed by atoms with van der Waals surface area (Å²) in [5, 5.41) is 32.7. The van der Waals surface area contributed by atoms with Crippen molar-refractivity contribution in [3.8, 4) is 11.5 Å². The van der Waals surface area contributed by atoms with Gasteiger partial charge in [0.2, 0.25) is 0 Å². The number of ketones is 1. The Morgan fingerprint density at radius 2 is 1.96 bits per heavy atom. The molecule has 0 heterocycles. The van der Waals surface area contributed by atoms with Crippen LogP contribution in [0.4, 0.5) is 0 Å². The van der Waals surface area contributed by atoms with Crippen molar-refractivity contribution in [3.63, 3.8) is 0 Å². The number of para-hydroxylation sites is 1. The summed E-state index contributed by atoms with van der Waals surface area (Å²) in [6.07, 6.45) is 2.10. The van der Waals surface area contributed by atoms with Crippen molar-refractivity contribution in [1.82, 2.24) is 5.32 Å². The number of aromatic hydroxyl groups is 2. The van der Waals surface area contributed by atoms with Gasteiger partial charge in [-0.15, -0.1) is 0 Å². The number of aliphatic hydroxyl groups is 1. The third kappa shape index (κ3) is 3.95. The second-order valence-electron chi connectivity index (χ2n) is 7.44. The van der Waals surface area contributed by atoms with Crippen molar-refractivity contribution in [2.24, 2.45) is 17.8 Å². The molecule has 0 aliphatic heterocycles. The van der Waals surface area contributed by atoms with Crippen molar-refractivity contribution in [1.29, 1.82) is 0 Å². The van der Waals surface area contributed by atoms with Gasteiger partial charge in [-0.1, -0.05) is 33.3 Å². The van der Waals surface area contributed by atoms with E-state index in [0.717, 1.165) is 12.8 Å². The molecule has 138 valence electrons. The molecule has 0 saturated heterocycles. The van der Waals surface area contributed by atoms with Crippen LogP contribution in [0.25, 0.3) is 0 Å². The van der Waals surface area contributed by atoms with E-state index in [1.165, 1.54) is 18.2 Å². The average molecular weight is 349 g/mol. The van der Waals surface area contributed by atoms with Crippen molar-refractivity contribution in [2.45, 2.75) is 45.6 Å². The highest BCUT2D eigenvalue weighted by molar-refractivity contribution is 6.02. The van der Waals surface area contributed by atoms with Gasteiger partial charge in [-0.05, 0) is 42.7 Å². The molecule has 4 N–H and O–H groups in total. The van der Waals surface area contributed by atoms with Gasteiger partial charge in [-0.2, -0.15) is 0 Å². The number of benzene rings is 1. The van der Waals surface area contributed by atoms with Gasteiger partial charge in [0.05, 0.1) is 12.1 Å². The molecule has 3 unspecified atom stereocenters. The van der Waals surface area contributed by atoms with Crippen molar-refractivity contribution in [2.75, 3.05) is 6.54 Å². The number of rotatable bonds is 5. The molecule has 25 heavy (non-hydrogen) atoms. The van der Waals surface area contributed by atoms with Gasteiger partial charge >= 0.3 is 0 Å². The summed E-state index contributed by atoms with van der Waals surface area (Å²) in [5.41, 5.74) is -1.56. The highest BCUT2D eigenvalue weighted by atomic mass is 16.3. The van der Waals surface area contributed by atoms with E-state index in [0.29, 0.717) is 6.42 Å². The molecule has 1 aliphatic carbocycles. The van der Waals surface area contributed by atoms with Crippen molar-refractivity contribution >= 4 is 11.7 Å². The van der Waals surface area contributed by atoms with E-state index in [1.54, 1.807) is 0 Å². The van der Waals surface area contributed by atoms with Gasteiger partial charge in [-0.25, -0.2) is 0 Å². The van der Waals surface area contributed by atoms with Crippen molar-refractivity contribution in [3.05, 3.63) is 23.8 Å². The summed E-state index contributed by atoms with van der Waals surface area (Å²) in [6.45, 7) is 5.62. The smallest absolute Gasteiger partial charge is 0.252 e. The molecule has 6 nitrogen and oxygen atoms in total. The molecular formula is C19H27NO5. The minimum atomic E-state index is -1.49. The minimum absolute atomic E-state index is 0.0651. The SMILES string of the molecule is CC1CCC(C(C)C)C(O)(C(=O)NCC(=O)c2cccc(O)c2O)C1. The van der Waals surface area contributed by atoms with Crippen LogP contribution in [0, 0.1) is 17.8 Å². The first-order valence-electron chi connectivity index (χ1n) is 8.71. The fourth-order valence-corrected chi connectivity index (χ4v) is 3.80. The monoisotopic (exact) mass is 349 g/mol. The molecule has 1 amide bonds. The first-order chi connectivity index (χ1) is 11.7. The Labute approximate surface area is 147 Å². The molecule has 2 rings (SSSR count). The van der Waals surface area contributed by atoms with Crippen molar-refractivity contribution < 1.29 is 24.9 Å². The summed E-state index contributed by atoms with van der Waals surface area (Å²) in [4.78, 5) is 24.9. The normalized spacial score (nSPS) is 26.4. The van der Waals surface area contributed by atoms with E-state index < -0.39 is 28.8 Å². The molecule has 1 fully saturated rings.